The predicted octanol–water partition coefficient (Wildman–Crippen LogP) is 2.67. The van der Waals surface area contributed by atoms with E-state index >= 15 is 0 Å². The summed E-state index contributed by atoms with van der Waals surface area (Å²) in [6.45, 7) is 2.95. The fourth-order valence-corrected chi connectivity index (χ4v) is 3.01. The van der Waals surface area contributed by atoms with Crippen molar-refractivity contribution >= 4 is 27.4 Å². The molecule has 1 aliphatic heterocycles. The number of hydrogen-bond acceptors (Lipinski definition) is 5. The number of hydrogen-bond donors (Lipinski definition) is 1. The molecule has 0 saturated carbocycles. The summed E-state index contributed by atoms with van der Waals surface area (Å²) in [5, 5.41) is 5.57. The molecule has 3 rings (SSSR count). The van der Waals surface area contributed by atoms with Crippen LogP contribution < -0.4 is 5.32 Å². The van der Waals surface area contributed by atoms with Gasteiger partial charge in [-0.05, 0) is 31.2 Å². The second-order valence-electron chi connectivity index (χ2n) is 4.40. The highest BCUT2D eigenvalue weighted by atomic mass is 32.1. The van der Waals surface area contributed by atoms with Gasteiger partial charge in [0, 0.05) is 12.6 Å². The third-order valence-corrected chi connectivity index (χ3v) is 3.98. The largest absolute Gasteiger partial charge is 0.378 e. The van der Waals surface area contributed by atoms with Crippen molar-refractivity contribution in [1.82, 2.24) is 9.97 Å². The second-order valence-corrected chi connectivity index (χ2v) is 5.32. The van der Waals surface area contributed by atoms with E-state index in [9.17, 15) is 0 Å². The predicted molar refractivity (Wildman–Crippen MR) is 69.5 cm³/mol. The highest BCUT2D eigenvalue weighted by Crippen LogP contribution is 2.27. The van der Waals surface area contributed by atoms with Gasteiger partial charge in [-0.15, -0.1) is 11.3 Å². The Morgan fingerprint density at radius 3 is 3.29 bits per heavy atom. The molecule has 1 fully saturated rings. The van der Waals surface area contributed by atoms with Crippen molar-refractivity contribution < 1.29 is 4.74 Å². The molecule has 1 aliphatic rings. The van der Waals surface area contributed by atoms with Crippen LogP contribution in [0.1, 0.15) is 19.8 Å². The van der Waals surface area contributed by atoms with E-state index in [1.165, 1.54) is 0 Å². The lowest BCUT2D eigenvalue weighted by molar-refractivity contribution is 0.0232. The maximum Gasteiger partial charge on any atom is 0.147 e. The van der Waals surface area contributed by atoms with Crippen molar-refractivity contribution in [2.75, 3.05) is 11.9 Å². The van der Waals surface area contributed by atoms with Crippen molar-refractivity contribution in [3.05, 3.63) is 17.8 Å². The molecular weight excluding hydrogens is 234 g/mol. The maximum atomic E-state index is 5.55. The van der Waals surface area contributed by atoms with Crippen molar-refractivity contribution in [2.45, 2.75) is 31.9 Å². The third kappa shape index (κ3) is 2.25. The summed E-state index contributed by atoms with van der Waals surface area (Å²) in [6, 6.07) is 2.48. The van der Waals surface area contributed by atoms with Crippen molar-refractivity contribution in [2.24, 2.45) is 0 Å². The number of ether oxygens (including phenoxy) is 1. The molecule has 2 aromatic heterocycles. The Morgan fingerprint density at radius 1 is 1.47 bits per heavy atom. The molecule has 2 aromatic rings. The Hall–Kier alpha value is -1.20. The summed E-state index contributed by atoms with van der Waals surface area (Å²) in [4.78, 5) is 8.59. The lowest BCUT2D eigenvalue weighted by atomic mass is 10.0. The number of thiophene rings is 1. The topological polar surface area (TPSA) is 47.0 Å². The SMILES string of the molecule is CC1CC(Nc2ncnc3ccsc23)CCO1. The van der Waals surface area contributed by atoms with Gasteiger partial charge in [0.25, 0.3) is 0 Å². The lowest BCUT2D eigenvalue weighted by Gasteiger charge is -2.28. The highest BCUT2D eigenvalue weighted by Gasteiger charge is 2.20. The molecule has 2 unspecified atom stereocenters. The molecule has 3 heterocycles. The van der Waals surface area contributed by atoms with E-state index in [4.69, 9.17) is 4.74 Å². The standard InChI is InChI=1S/C12H15N3OS/c1-8-6-9(2-4-16-8)15-12-11-10(3-5-17-11)13-7-14-12/h3,5,7-9H,2,4,6H2,1H3,(H,13,14,15). The average molecular weight is 249 g/mol. The van der Waals surface area contributed by atoms with Crippen molar-refractivity contribution in [1.29, 1.82) is 0 Å². The number of rotatable bonds is 2. The van der Waals surface area contributed by atoms with Gasteiger partial charge in [0.15, 0.2) is 0 Å². The fraction of sp³-hybridized carbons (Fsp3) is 0.500. The van der Waals surface area contributed by atoms with E-state index in [1.807, 2.05) is 6.07 Å². The first-order valence-electron chi connectivity index (χ1n) is 5.89. The number of aromatic nitrogens is 2. The molecule has 17 heavy (non-hydrogen) atoms. The van der Waals surface area contributed by atoms with E-state index < -0.39 is 0 Å². The van der Waals surface area contributed by atoms with Crippen LogP contribution in [-0.2, 0) is 4.74 Å². The first-order valence-corrected chi connectivity index (χ1v) is 6.77. The molecular formula is C12H15N3OS. The van der Waals surface area contributed by atoms with E-state index in [0.717, 1.165) is 35.5 Å². The molecule has 0 aromatic carbocycles. The quantitative estimate of drug-likeness (QED) is 0.889. The Labute approximate surface area is 104 Å². The lowest BCUT2D eigenvalue weighted by Crippen LogP contribution is -2.32. The molecule has 2 atom stereocenters. The zero-order valence-electron chi connectivity index (χ0n) is 9.72. The van der Waals surface area contributed by atoms with Crippen molar-refractivity contribution in [3.8, 4) is 0 Å². The molecule has 90 valence electrons. The monoisotopic (exact) mass is 249 g/mol. The fourth-order valence-electron chi connectivity index (χ4n) is 2.21. The number of nitrogens with zero attached hydrogens (tertiary/aromatic N) is 2. The second kappa shape index (κ2) is 4.58. The normalized spacial score (nSPS) is 25.0. The molecule has 1 N–H and O–H groups in total. The van der Waals surface area contributed by atoms with Crippen LogP contribution in [0.3, 0.4) is 0 Å². The maximum absolute atomic E-state index is 5.55. The van der Waals surface area contributed by atoms with Crippen molar-refractivity contribution in [3.63, 3.8) is 0 Å². The van der Waals surface area contributed by atoms with E-state index in [-0.39, 0.29) is 0 Å². The molecule has 1 saturated heterocycles. The smallest absolute Gasteiger partial charge is 0.147 e. The van der Waals surface area contributed by atoms with Gasteiger partial charge in [-0.3, -0.25) is 0 Å². The van der Waals surface area contributed by atoms with Gasteiger partial charge >= 0.3 is 0 Å². The minimum Gasteiger partial charge on any atom is -0.378 e. The van der Waals surface area contributed by atoms with Gasteiger partial charge in [-0.1, -0.05) is 0 Å². The third-order valence-electron chi connectivity index (χ3n) is 3.07. The highest BCUT2D eigenvalue weighted by molar-refractivity contribution is 7.17. The van der Waals surface area contributed by atoms with Crippen LogP contribution in [0, 0.1) is 0 Å². The first kappa shape index (κ1) is 10.9. The molecule has 0 amide bonds. The minimum absolute atomic E-state index is 0.335. The van der Waals surface area contributed by atoms with Crippen LogP contribution >= 0.6 is 11.3 Å². The summed E-state index contributed by atoms with van der Waals surface area (Å²) in [7, 11) is 0. The molecule has 4 nitrogen and oxygen atoms in total. The Balaban J connectivity index is 1.82. The van der Waals surface area contributed by atoms with Gasteiger partial charge in [0.2, 0.25) is 0 Å². The molecule has 0 bridgehead atoms. The first-order chi connectivity index (χ1) is 8.33. The Kier molecular flexibility index (Phi) is 2.94. The van der Waals surface area contributed by atoms with E-state index in [1.54, 1.807) is 17.7 Å². The van der Waals surface area contributed by atoms with E-state index in [2.05, 4.69) is 27.6 Å². The Bertz CT molecular complexity index is 513. The van der Waals surface area contributed by atoms with Gasteiger partial charge in [0.05, 0.1) is 16.3 Å². The number of nitrogens with one attached hydrogen (secondary N) is 1. The summed E-state index contributed by atoms with van der Waals surface area (Å²) >= 11 is 1.68. The molecule has 0 radical (unpaired) electrons. The number of anilines is 1. The average Bonchev–Trinajstić information content (AvgIpc) is 2.78. The van der Waals surface area contributed by atoms with Gasteiger partial charge in [0.1, 0.15) is 12.1 Å². The minimum atomic E-state index is 0.335. The summed E-state index contributed by atoms with van der Waals surface area (Å²) in [6.07, 6.45) is 4.04. The molecule has 0 aliphatic carbocycles. The zero-order chi connectivity index (χ0) is 11.7. The summed E-state index contributed by atoms with van der Waals surface area (Å²) < 4.78 is 6.69. The van der Waals surface area contributed by atoms with Crippen LogP contribution in [0.25, 0.3) is 10.2 Å². The summed E-state index contributed by atoms with van der Waals surface area (Å²) in [5.74, 6) is 0.962. The van der Waals surface area contributed by atoms with Gasteiger partial charge in [-0.25, -0.2) is 9.97 Å². The zero-order valence-corrected chi connectivity index (χ0v) is 10.5. The van der Waals surface area contributed by atoms with Crippen LogP contribution in [0.5, 0.6) is 0 Å². The van der Waals surface area contributed by atoms with Crippen LogP contribution in [-0.4, -0.2) is 28.7 Å². The summed E-state index contributed by atoms with van der Waals surface area (Å²) in [5.41, 5.74) is 1.02. The van der Waals surface area contributed by atoms with Gasteiger partial charge < -0.3 is 10.1 Å². The van der Waals surface area contributed by atoms with Crippen LogP contribution in [0.4, 0.5) is 5.82 Å². The Morgan fingerprint density at radius 2 is 2.41 bits per heavy atom. The molecule has 0 spiro atoms. The molecule has 5 heteroatoms. The van der Waals surface area contributed by atoms with Gasteiger partial charge in [-0.2, -0.15) is 0 Å². The number of fused-ring (bicyclic) bond motifs is 1. The van der Waals surface area contributed by atoms with Crippen LogP contribution in [0.2, 0.25) is 0 Å². The van der Waals surface area contributed by atoms with E-state index in [0.29, 0.717) is 12.1 Å². The van der Waals surface area contributed by atoms with Crippen LogP contribution in [0.15, 0.2) is 17.8 Å².